The van der Waals surface area contributed by atoms with Crippen molar-refractivity contribution in [2.24, 2.45) is 0 Å². The third-order valence-electron chi connectivity index (χ3n) is 6.76. The topological polar surface area (TPSA) is 94.1 Å². The Morgan fingerprint density at radius 2 is 2.03 bits per heavy atom. The van der Waals surface area contributed by atoms with Gasteiger partial charge in [0.2, 0.25) is 0 Å². The van der Waals surface area contributed by atoms with Crippen LogP contribution in [0, 0.1) is 0 Å². The number of hydrogen-bond donors (Lipinski definition) is 2. The predicted molar refractivity (Wildman–Crippen MR) is 122 cm³/mol. The first-order valence-corrected chi connectivity index (χ1v) is 11.3. The van der Waals surface area contributed by atoms with Crippen molar-refractivity contribution in [1.82, 2.24) is 30.0 Å². The van der Waals surface area contributed by atoms with E-state index in [0.29, 0.717) is 11.9 Å². The molecule has 4 heterocycles. The van der Waals surface area contributed by atoms with Crippen molar-refractivity contribution in [3.05, 3.63) is 36.2 Å². The number of nitrogens with zero attached hydrogens (tertiary/aromatic N) is 5. The lowest BCUT2D eigenvalue weighted by Gasteiger charge is -2.37. The molecule has 2 unspecified atom stereocenters. The third-order valence-corrected chi connectivity index (χ3v) is 6.76. The summed E-state index contributed by atoms with van der Waals surface area (Å²) in [5.74, 6) is 0.482. The Hall–Kier alpha value is -2.55. The first-order chi connectivity index (χ1) is 15.1. The molecule has 3 atom stereocenters. The standard InChI is InChI=1S/C23H31N7O/c1-15-16(2)31-11-10-29(15)13-17-5-7-18(8-6-17)21-20-22(24)26-14-27-23(20)30(28-21)19-4-3-9-25-12-19/h5-8,14-16,19,25H,3-4,9-13H2,1-2H3,(H2,24,26,27)/t15?,16?,19-/m1/s1. The van der Waals surface area contributed by atoms with Crippen LogP contribution in [0.25, 0.3) is 22.3 Å². The fourth-order valence-electron chi connectivity index (χ4n) is 4.72. The van der Waals surface area contributed by atoms with Gasteiger partial charge in [-0.2, -0.15) is 5.10 Å². The van der Waals surface area contributed by atoms with Gasteiger partial charge in [-0.1, -0.05) is 24.3 Å². The largest absolute Gasteiger partial charge is 0.383 e. The molecule has 2 aliphatic heterocycles. The van der Waals surface area contributed by atoms with Crippen LogP contribution in [0.2, 0.25) is 0 Å². The number of aromatic nitrogens is 4. The molecular weight excluding hydrogens is 390 g/mol. The number of hydrogen-bond acceptors (Lipinski definition) is 7. The molecule has 3 N–H and O–H groups in total. The van der Waals surface area contributed by atoms with Crippen molar-refractivity contribution in [2.75, 3.05) is 32.0 Å². The summed E-state index contributed by atoms with van der Waals surface area (Å²) in [6.45, 7) is 9.02. The van der Waals surface area contributed by atoms with Gasteiger partial charge in [0, 0.05) is 31.2 Å². The van der Waals surface area contributed by atoms with Crippen LogP contribution in [0.15, 0.2) is 30.6 Å². The SMILES string of the molecule is CC1OCCN(Cc2ccc(-c3nn([C@@H]4CCCNC4)c4ncnc(N)c34)cc2)C1C. The number of ether oxygens (including phenoxy) is 1. The molecule has 8 heteroatoms. The summed E-state index contributed by atoms with van der Waals surface area (Å²) >= 11 is 0. The van der Waals surface area contributed by atoms with Crippen molar-refractivity contribution in [3.63, 3.8) is 0 Å². The smallest absolute Gasteiger partial charge is 0.164 e. The summed E-state index contributed by atoms with van der Waals surface area (Å²) in [7, 11) is 0. The fraction of sp³-hybridized carbons (Fsp3) is 0.522. The van der Waals surface area contributed by atoms with E-state index >= 15 is 0 Å². The van der Waals surface area contributed by atoms with Crippen molar-refractivity contribution < 1.29 is 4.74 Å². The Morgan fingerprint density at radius 1 is 1.19 bits per heavy atom. The minimum Gasteiger partial charge on any atom is -0.383 e. The molecule has 0 radical (unpaired) electrons. The highest BCUT2D eigenvalue weighted by Gasteiger charge is 2.26. The molecule has 0 saturated carbocycles. The molecule has 2 saturated heterocycles. The van der Waals surface area contributed by atoms with Crippen LogP contribution in [-0.2, 0) is 11.3 Å². The van der Waals surface area contributed by atoms with E-state index in [1.807, 2.05) is 4.68 Å². The highest BCUT2D eigenvalue weighted by Crippen LogP contribution is 2.33. The second-order valence-corrected chi connectivity index (χ2v) is 8.73. The van der Waals surface area contributed by atoms with Gasteiger partial charge >= 0.3 is 0 Å². The molecule has 0 amide bonds. The molecule has 0 bridgehead atoms. The van der Waals surface area contributed by atoms with E-state index in [-0.39, 0.29) is 12.1 Å². The number of fused-ring (bicyclic) bond motifs is 1. The molecule has 0 spiro atoms. The molecule has 164 valence electrons. The van der Waals surface area contributed by atoms with Gasteiger partial charge in [-0.15, -0.1) is 0 Å². The average Bonchev–Trinajstić information content (AvgIpc) is 3.19. The van der Waals surface area contributed by atoms with Crippen molar-refractivity contribution >= 4 is 16.9 Å². The predicted octanol–water partition coefficient (Wildman–Crippen LogP) is 2.61. The summed E-state index contributed by atoms with van der Waals surface area (Å²) in [5, 5.41) is 9.29. The fourth-order valence-corrected chi connectivity index (χ4v) is 4.72. The summed E-state index contributed by atoms with van der Waals surface area (Å²) < 4.78 is 7.80. The number of morpholine rings is 1. The minimum atomic E-state index is 0.264. The number of nitrogens with two attached hydrogens (primary N) is 1. The van der Waals surface area contributed by atoms with Crippen LogP contribution in [0.4, 0.5) is 5.82 Å². The lowest BCUT2D eigenvalue weighted by Crippen LogP contribution is -2.47. The number of nitrogens with one attached hydrogen (secondary N) is 1. The maximum atomic E-state index is 6.28. The highest BCUT2D eigenvalue weighted by molar-refractivity contribution is 5.98. The van der Waals surface area contributed by atoms with Crippen LogP contribution < -0.4 is 11.1 Å². The lowest BCUT2D eigenvalue weighted by molar-refractivity contribution is -0.0584. The van der Waals surface area contributed by atoms with Gasteiger partial charge in [-0.25, -0.2) is 14.6 Å². The lowest BCUT2D eigenvalue weighted by atomic mass is 10.1. The maximum absolute atomic E-state index is 6.28. The Labute approximate surface area is 182 Å². The van der Waals surface area contributed by atoms with Gasteiger partial charge < -0.3 is 15.8 Å². The Balaban J connectivity index is 1.45. The second kappa shape index (κ2) is 8.53. The van der Waals surface area contributed by atoms with Crippen LogP contribution in [0.3, 0.4) is 0 Å². The summed E-state index contributed by atoms with van der Waals surface area (Å²) in [6.07, 6.45) is 4.02. The summed E-state index contributed by atoms with van der Waals surface area (Å²) in [5.41, 5.74) is 10.3. The molecule has 2 aromatic heterocycles. The Bertz CT molecular complexity index is 1040. The maximum Gasteiger partial charge on any atom is 0.164 e. The van der Waals surface area contributed by atoms with E-state index in [1.165, 1.54) is 11.9 Å². The van der Waals surface area contributed by atoms with Crippen LogP contribution in [0.5, 0.6) is 0 Å². The van der Waals surface area contributed by atoms with Crippen molar-refractivity contribution in [1.29, 1.82) is 0 Å². The van der Waals surface area contributed by atoms with Gasteiger partial charge in [-0.05, 0) is 38.8 Å². The molecule has 0 aliphatic carbocycles. The normalized spacial score (nSPS) is 25.2. The number of rotatable bonds is 4. The molecule has 31 heavy (non-hydrogen) atoms. The number of benzene rings is 1. The Kier molecular flexibility index (Phi) is 5.60. The zero-order valence-electron chi connectivity index (χ0n) is 18.3. The first kappa shape index (κ1) is 20.4. The Morgan fingerprint density at radius 3 is 2.81 bits per heavy atom. The quantitative estimate of drug-likeness (QED) is 0.669. The molecule has 2 fully saturated rings. The van der Waals surface area contributed by atoms with E-state index in [2.05, 4.69) is 58.3 Å². The van der Waals surface area contributed by atoms with E-state index in [9.17, 15) is 0 Å². The van der Waals surface area contributed by atoms with Gasteiger partial charge in [0.1, 0.15) is 17.8 Å². The monoisotopic (exact) mass is 421 g/mol. The van der Waals surface area contributed by atoms with E-state index in [0.717, 1.165) is 67.9 Å². The van der Waals surface area contributed by atoms with E-state index < -0.39 is 0 Å². The zero-order valence-corrected chi connectivity index (χ0v) is 18.3. The molecule has 1 aromatic carbocycles. The number of anilines is 1. The minimum absolute atomic E-state index is 0.264. The molecule has 5 rings (SSSR count). The average molecular weight is 422 g/mol. The molecular formula is C23H31N7O. The van der Waals surface area contributed by atoms with E-state index in [4.69, 9.17) is 15.6 Å². The second-order valence-electron chi connectivity index (χ2n) is 8.73. The molecule has 2 aliphatic rings. The summed E-state index contributed by atoms with van der Waals surface area (Å²) in [4.78, 5) is 11.3. The molecule has 8 nitrogen and oxygen atoms in total. The van der Waals surface area contributed by atoms with Gasteiger partial charge in [0.15, 0.2) is 5.65 Å². The van der Waals surface area contributed by atoms with E-state index in [1.54, 1.807) is 0 Å². The highest BCUT2D eigenvalue weighted by atomic mass is 16.5. The van der Waals surface area contributed by atoms with Crippen LogP contribution >= 0.6 is 0 Å². The van der Waals surface area contributed by atoms with Crippen molar-refractivity contribution in [3.8, 4) is 11.3 Å². The van der Waals surface area contributed by atoms with Crippen molar-refractivity contribution in [2.45, 2.75) is 51.4 Å². The van der Waals surface area contributed by atoms with Gasteiger partial charge in [0.05, 0.1) is 24.1 Å². The third kappa shape index (κ3) is 3.91. The van der Waals surface area contributed by atoms with Gasteiger partial charge in [-0.3, -0.25) is 4.90 Å². The van der Waals surface area contributed by atoms with Crippen LogP contribution in [0.1, 0.15) is 38.3 Å². The first-order valence-electron chi connectivity index (χ1n) is 11.3. The number of nitrogen functional groups attached to an aromatic ring is 1. The molecule has 3 aromatic rings. The summed E-state index contributed by atoms with van der Waals surface area (Å²) in [6, 6.07) is 9.35. The van der Waals surface area contributed by atoms with Gasteiger partial charge in [0.25, 0.3) is 0 Å². The zero-order chi connectivity index (χ0) is 21.4. The van der Waals surface area contributed by atoms with Crippen LogP contribution in [-0.4, -0.2) is 63.0 Å². The number of piperidine rings is 1.